The van der Waals surface area contributed by atoms with E-state index >= 15 is 0 Å². The van der Waals surface area contributed by atoms with E-state index in [-0.39, 0.29) is 0 Å². The molecule has 0 radical (unpaired) electrons. The van der Waals surface area contributed by atoms with Crippen LogP contribution in [-0.2, 0) is 6.42 Å². The second-order valence-electron chi connectivity index (χ2n) is 4.18. The number of aryl methyl sites for hydroxylation is 1. The number of nitrogen functional groups attached to an aromatic ring is 1. The lowest BCUT2D eigenvalue weighted by Crippen LogP contribution is -1.91. The summed E-state index contributed by atoms with van der Waals surface area (Å²) in [5, 5.41) is 7.07. The molecule has 0 saturated carbocycles. The smallest absolute Gasteiger partial charge is 0.155 e. The van der Waals surface area contributed by atoms with Crippen molar-refractivity contribution >= 4 is 5.82 Å². The van der Waals surface area contributed by atoms with Crippen LogP contribution in [0.2, 0.25) is 0 Å². The van der Waals surface area contributed by atoms with Crippen molar-refractivity contribution < 1.29 is 4.42 Å². The number of nitrogens with one attached hydrogen (secondary N) is 1. The van der Waals surface area contributed by atoms with Crippen molar-refractivity contribution in [3.8, 4) is 22.5 Å². The van der Waals surface area contributed by atoms with Gasteiger partial charge in [-0.3, -0.25) is 10.1 Å². The Hall–Kier alpha value is -2.56. The van der Waals surface area contributed by atoms with Gasteiger partial charge in [0.25, 0.3) is 0 Å². The van der Waals surface area contributed by atoms with E-state index in [9.17, 15) is 0 Å². The van der Waals surface area contributed by atoms with Gasteiger partial charge in [0.2, 0.25) is 0 Å². The first-order chi connectivity index (χ1) is 9.31. The number of rotatable bonds is 3. The predicted molar refractivity (Wildman–Crippen MR) is 73.3 cm³/mol. The number of nitrogens with zero attached hydrogens (tertiary/aromatic N) is 2. The molecule has 3 aromatic heterocycles. The maximum Gasteiger partial charge on any atom is 0.155 e. The summed E-state index contributed by atoms with van der Waals surface area (Å²) >= 11 is 0. The quantitative estimate of drug-likeness (QED) is 0.753. The molecule has 0 unspecified atom stereocenters. The molecule has 5 heteroatoms. The molecule has 0 bridgehead atoms. The maximum atomic E-state index is 5.96. The minimum Gasteiger partial charge on any atom is -0.469 e. The standard InChI is InChI=1S/C14H14N4O/c1-2-11-9(6-8-19-11)13-12(14(15)18-17-13)10-5-3-4-7-16-10/h3-8H,2H2,1H3,(H3,15,17,18). The highest BCUT2D eigenvalue weighted by Gasteiger charge is 2.18. The van der Waals surface area contributed by atoms with Crippen LogP contribution in [0.25, 0.3) is 22.5 Å². The van der Waals surface area contributed by atoms with Gasteiger partial charge in [0.15, 0.2) is 5.82 Å². The van der Waals surface area contributed by atoms with Gasteiger partial charge < -0.3 is 10.2 Å². The van der Waals surface area contributed by atoms with Crippen LogP contribution in [0.5, 0.6) is 0 Å². The summed E-state index contributed by atoms with van der Waals surface area (Å²) < 4.78 is 5.46. The molecular formula is C14H14N4O. The molecule has 0 saturated heterocycles. The zero-order chi connectivity index (χ0) is 13.2. The van der Waals surface area contributed by atoms with Gasteiger partial charge in [-0.25, -0.2) is 0 Å². The first-order valence-electron chi connectivity index (χ1n) is 6.13. The molecule has 0 aromatic carbocycles. The largest absolute Gasteiger partial charge is 0.469 e. The first kappa shape index (κ1) is 11.5. The molecule has 3 aromatic rings. The molecular weight excluding hydrogens is 240 g/mol. The fourth-order valence-electron chi connectivity index (χ4n) is 2.16. The molecule has 0 fully saturated rings. The second-order valence-corrected chi connectivity index (χ2v) is 4.18. The van der Waals surface area contributed by atoms with Gasteiger partial charge in [-0.1, -0.05) is 13.0 Å². The predicted octanol–water partition coefficient (Wildman–Crippen LogP) is 2.88. The monoisotopic (exact) mass is 254 g/mol. The Morgan fingerprint density at radius 1 is 1.32 bits per heavy atom. The third-order valence-electron chi connectivity index (χ3n) is 3.05. The Labute approximate surface area is 110 Å². The van der Waals surface area contributed by atoms with Crippen LogP contribution < -0.4 is 5.73 Å². The van der Waals surface area contributed by atoms with Crippen LogP contribution in [0.4, 0.5) is 5.82 Å². The van der Waals surface area contributed by atoms with Gasteiger partial charge in [0, 0.05) is 18.2 Å². The molecule has 96 valence electrons. The van der Waals surface area contributed by atoms with Crippen molar-refractivity contribution in [3.05, 3.63) is 42.5 Å². The second kappa shape index (κ2) is 4.61. The molecule has 0 spiro atoms. The average molecular weight is 254 g/mol. The Bertz CT molecular complexity index is 685. The molecule has 3 N–H and O–H groups in total. The van der Waals surface area contributed by atoms with Crippen LogP contribution in [0.15, 0.2) is 41.1 Å². The van der Waals surface area contributed by atoms with Crippen LogP contribution in [0.1, 0.15) is 12.7 Å². The Kier molecular flexibility index (Phi) is 2.79. The average Bonchev–Trinajstić information content (AvgIpc) is 3.05. The van der Waals surface area contributed by atoms with Crippen molar-refractivity contribution in [1.29, 1.82) is 0 Å². The van der Waals surface area contributed by atoms with Crippen molar-refractivity contribution in [2.24, 2.45) is 0 Å². The van der Waals surface area contributed by atoms with Crippen molar-refractivity contribution in [1.82, 2.24) is 15.2 Å². The molecule has 0 aliphatic carbocycles. The van der Waals surface area contributed by atoms with Crippen LogP contribution in [0, 0.1) is 0 Å². The molecule has 3 rings (SSSR count). The van der Waals surface area contributed by atoms with Crippen LogP contribution >= 0.6 is 0 Å². The molecule has 19 heavy (non-hydrogen) atoms. The summed E-state index contributed by atoms with van der Waals surface area (Å²) in [5.74, 6) is 1.35. The topological polar surface area (TPSA) is 80.7 Å². The maximum absolute atomic E-state index is 5.96. The highest BCUT2D eigenvalue weighted by molar-refractivity contribution is 5.86. The van der Waals surface area contributed by atoms with Crippen LogP contribution in [-0.4, -0.2) is 15.2 Å². The van der Waals surface area contributed by atoms with E-state index in [1.54, 1.807) is 12.5 Å². The van der Waals surface area contributed by atoms with Crippen molar-refractivity contribution in [2.45, 2.75) is 13.3 Å². The van der Waals surface area contributed by atoms with E-state index in [2.05, 4.69) is 15.2 Å². The summed E-state index contributed by atoms with van der Waals surface area (Å²) in [6.45, 7) is 2.04. The van der Waals surface area contributed by atoms with E-state index in [1.807, 2.05) is 31.2 Å². The van der Waals surface area contributed by atoms with Gasteiger partial charge >= 0.3 is 0 Å². The Morgan fingerprint density at radius 3 is 2.95 bits per heavy atom. The number of aromatic nitrogens is 3. The van der Waals surface area contributed by atoms with Gasteiger partial charge in [0.1, 0.15) is 5.76 Å². The minimum absolute atomic E-state index is 0.442. The molecule has 0 aliphatic heterocycles. The SMILES string of the molecule is CCc1occc1-c1[nH]nc(N)c1-c1ccccn1. The zero-order valence-electron chi connectivity index (χ0n) is 10.6. The lowest BCUT2D eigenvalue weighted by molar-refractivity contribution is 0.517. The van der Waals surface area contributed by atoms with Gasteiger partial charge in [0.05, 0.1) is 23.2 Å². The molecule has 0 atom stereocenters. The van der Waals surface area contributed by atoms with Gasteiger partial charge in [-0.2, -0.15) is 5.10 Å². The van der Waals surface area contributed by atoms with E-state index in [4.69, 9.17) is 10.2 Å². The summed E-state index contributed by atoms with van der Waals surface area (Å²) in [6.07, 6.45) is 4.22. The third-order valence-corrected chi connectivity index (χ3v) is 3.05. The summed E-state index contributed by atoms with van der Waals surface area (Å²) in [5.41, 5.74) is 9.40. The molecule has 0 amide bonds. The summed E-state index contributed by atoms with van der Waals surface area (Å²) in [6, 6.07) is 7.62. The van der Waals surface area contributed by atoms with E-state index in [0.29, 0.717) is 5.82 Å². The Balaban J connectivity index is 2.20. The number of anilines is 1. The number of H-pyrrole nitrogens is 1. The van der Waals surface area contributed by atoms with E-state index < -0.39 is 0 Å². The highest BCUT2D eigenvalue weighted by atomic mass is 16.3. The van der Waals surface area contributed by atoms with E-state index in [0.717, 1.165) is 34.7 Å². The molecule has 0 aliphatic rings. The number of pyridine rings is 1. The van der Waals surface area contributed by atoms with E-state index in [1.165, 1.54) is 0 Å². The molecule has 5 nitrogen and oxygen atoms in total. The lowest BCUT2D eigenvalue weighted by atomic mass is 10.0. The third kappa shape index (κ3) is 1.89. The summed E-state index contributed by atoms with van der Waals surface area (Å²) in [7, 11) is 0. The minimum atomic E-state index is 0.442. The fourth-order valence-corrected chi connectivity index (χ4v) is 2.16. The van der Waals surface area contributed by atoms with Crippen LogP contribution in [0.3, 0.4) is 0 Å². The number of nitrogens with two attached hydrogens (primary N) is 1. The number of aromatic amines is 1. The van der Waals surface area contributed by atoms with Crippen molar-refractivity contribution in [2.75, 3.05) is 5.73 Å². The first-order valence-corrected chi connectivity index (χ1v) is 6.13. The van der Waals surface area contributed by atoms with Crippen molar-refractivity contribution in [3.63, 3.8) is 0 Å². The van der Waals surface area contributed by atoms with Gasteiger partial charge in [-0.05, 0) is 18.2 Å². The highest BCUT2D eigenvalue weighted by Crippen LogP contribution is 2.35. The molecule has 3 heterocycles. The number of furan rings is 1. The lowest BCUT2D eigenvalue weighted by Gasteiger charge is -2.03. The number of hydrogen-bond acceptors (Lipinski definition) is 4. The fraction of sp³-hybridized carbons (Fsp3) is 0.143. The Morgan fingerprint density at radius 2 is 2.21 bits per heavy atom. The summed E-state index contributed by atoms with van der Waals surface area (Å²) in [4.78, 5) is 4.34. The number of hydrogen-bond donors (Lipinski definition) is 2. The van der Waals surface area contributed by atoms with Gasteiger partial charge in [-0.15, -0.1) is 0 Å². The normalized spacial score (nSPS) is 10.8. The zero-order valence-corrected chi connectivity index (χ0v) is 10.6.